The molecule has 2 aromatic rings. The predicted molar refractivity (Wildman–Crippen MR) is 78.9 cm³/mol. The van der Waals surface area contributed by atoms with Gasteiger partial charge in [-0.25, -0.2) is 0 Å². The second-order valence-corrected chi connectivity index (χ2v) is 5.78. The lowest BCUT2D eigenvalue weighted by Crippen LogP contribution is -1.85. The van der Waals surface area contributed by atoms with Crippen LogP contribution < -0.4 is 5.73 Å². The van der Waals surface area contributed by atoms with Crippen molar-refractivity contribution >= 4 is 40.0 Å². The van der Waals surface area contributed by atoms with Gasteiger partial charge in [-0.3, -0.25) is 0 Å². The molecule has 2 N–H and O–H groups in total. The van der Waals surface area contributed by atoms with E-state index in [2.05, 4.69) is 28.7 Å². The lowest BCUT2D eigenvalue weighted by atomic mass is 10.2. The monoisotopic (exact) mass is 352 g/mol. The standard InChI is InChI=1S/C13H9IN2S/c14-10-1-6-13(9(7-10)8-15)17-12-4-2-11(16)3-5-12/h1-7H,16H2. The zero-order valence-electron chi connectivity index (χ0n) is 8.85. The van der Waals surface area contributed by atoms with E-state index in [1.165, 1.54) is 0 Å². The first-order chi connectivity index (χ1) is 8.19. The minimum Gasteiger partial charge on any atom is -0.399 e. The van der Waals surface area contributed by atoms with Crippen LogP contribution in [0.5, 0.6) is 0 Å². The highest BCUT2D eigenvalue weighted by Gasteiger charge is 2.04. The Labute approximate surface area is 118 Å². The normalized spacial score (nSPS) is 9.88. The number of hydrogen-bond acceptors (Lipinski definition) is 3. The Morgan fingerprint density at radius 3 is 2.47 bits per heavy atom. The number of nitrogens with zero attached hydrogens (tertiary/aromatic N) is 1. The highest BCUT2D eigenvalue weighted by molar-refractivity contribution is 14.1. The topological polar surface area (TPSA) is 49.8 Å². The van der Waals surface area contributed by atoms with Gasteiger partial charge >= 0.3 is 0 Å². The van der Waals surface area contributed by atoms with Crippen LogP contribution in [-0.4, -0.2) is 0 Å². The molecule has 0 atom stereocenters. The highest BCUT2D eigenvalue weighted by Crippen LogP contribution is 2.31. The first-order valence-corrected chi connectivity index (χ1v) is 6.81. The lowest BCUT2D eigenvalue weighted by Gasteiger charge is -2.04. The molecule has 0 aliphatic heterocycles. The van der Waals surface area contributed by atoms with Gasteiger partial charge in [0.1, 0.15) is 6.07 Å². The Balaban J connectivity index is 2.30. The summed E-state index contributed by atoms with van der Waals surface area (Å²) in [5.41, 5.74) is 7.09. The molecular weight excluding hydrogens is 343 g/mol. The van der Waals surface area contributed by atoms with Gasteiger partial charge in [-0.2, -0.15) is 5.26 Å². The number of rotatable bonds is 2. The van der Waals surface area contributed by atoms with Crippen LogP contribution in [0.4, 0.5) is 5.69 Å². The quantitative estimate of drug-likeness (QED) is 0.659. The fourth-order valence-corrected chi connectivity index (χ4v) is 2.71. The summed E-state index contributed by atoms with van der Waals surface area (Å²) >= 11 is 3.78. The molecule has 2 aromatic carbocycles. The highest BCUT2D eigenvalue weighted by atomic mass is 127. The number of benzene rings is 2. The third-order valence-corrected chi connectivity index (χ3v) is 3.92. The molecule has 4 heteroatoms. The van der Waals surface area contributed by atoms with Gasteiger partial charge in [0.25, 0.3) is 0 Å². The van der Waals surface area contributed by atoms with Gasteiger partial charge in [0.15, 0.2) is 0 Å². The number of halogens is 1. The third-order valence-electron chi connectivity index (χ3n) is 2.17. The molecule has 0 bridgehead atoms. The Kier molecular flexibility index (Phi) is 3.92. The van der Waals surface area contributed by atoms with Crippen molar-refractivity contribution in [3.8, 4) is 6.07 Å². The number of anilines is 1. The molecule has 2 rings (SSSR count). The zero-order chi connectivity index (χ0) is 12.3. The summed E-state index contributed by atoms with van der Waals surface area (Å²) in [6.45, 7) is 0. The van der Waals surface area contributed by atoms with Crippen LogP contribution in [-0.2, 0) is 0 Å². The molecule has 0 aliphatic rings. The van der Waals surface area contributed by atoms with Crippen molar-refractivity contribution in [2.45, 2.75) is 9.79 Å². The largest absolute Gasteiger partial charge is 0.399 e. The smallest absolute Gasteiger partial charge is 0.100 e. The van der Waals surface area contributed by atoms with Gasteiger partial charge in [-0.15, -0.1) is 0 Å². The molecule has 0 amide bonds. The van der Waals surface area contributed by atoms with Crippen LogP contribution in [0.25, 0.3) is 0 Å². The molecule has 0 spiro atoms. The molecular formula is C13H9IN2S. The Hall–Kier alpha value is -1.19. The maximum absolute atomic E-state index is 9.08. The van der Waals surface area contributed by atoms with Gasteiger partial charge in [-0.1, -0.05) is 11.8 Å². The molecule has 84 valence electrons. The van der Waals surface area contributed by atoms with Crippen molar-refractivity contribution in [1.29, 1.82) is 5.26 Å². The van der Waals surface area contributed by atoms with E-state index >= 15 is 0 Å². The fourth-order valence-electron chi connectivity index (χ4n) is 1.34. The van der Waals surface area contributed by atoms with E-state index in [1.807, 2.05) is 42.5 Å². The van der Waals surface area contributed by atoms with Crippen LogP contribution in [0.1, 0.15) is 5.56 Å². The van der Waals surface area contributed by atoms with Crippen LogP contribution in [0, 0.1) is 14.9 Å². The van der Waals surface area contributed by atoms with Gasteiger partial charge in [0, 0.05) is 19.0 Å². The molecule has 17 heavy (non-hydrogen) atoms. The van der Waals surface area contributed by atoms with Crippen LogP contribution in [0.2, 0.25) is 0 Å². The van der Waals surface area contributed by atoms with Crippen molar-refractivity contribution in [3.63, 3.8) is 0 Å². The molecule has 0 aromatic heterocycles. The summed E-state index contributed by atoms with van der Waals surface area (Å²) in [7, 11) is 0. The Bertz CT molecular complexity index is 573. The maximum Gasteiger partial charge on any atom is 0.100 e. The van der Waals surface area contributed by atoms with Crippen LogP contribution >= 0.6 is 34.4 Å². The van der Waals surface area contributed by atoms with Crippen molar-refractivity contribution < 1.29 is 0 Å². The molecule has 0 aliphatic carbocycles. The summed E-state index contributed by atoms with van der Waals surface area (Å²) in [4.78, 5) is 2.05. The molecule has 2 nitrogen and oxygen atoms in total. The first-order valence-electron chi connectivity index (χ1n) is 4.92. The summed E-state index contributed by atoms with van der Waals surface area (Å²) in [6, 6.07) is 15.7. The molecule has 0 fully saturated rings. The summed E-state index contributed by atoms with van der Waals surface area (Å²) in [6.07, 6.45) is 0. The van der Waals surface area contributed by atoms with E-state index in [9.17, 15) is 0 Å². The molecule has 0 heterocycles. The average molecular weight is 352 g/mol. The Morgan fingerprint density at radius 2 is 1.82 bits per heavy atom. The minimum atomic E-state index is 0.707. The number of nitrogens with two attached hydrogens (primary N) is 1. The zero-order valence-corrected chi connectivity index (χ0v) is 11.8. The third kappa shape index (κ3) is 3.14. The fraction of sp³-hybridized carbons (Fsp3) is 0. The van der Waals surface area contributed by atoms with E-state index in [0.29, 0.717) is 5.56 Å². The number of nitrogen functional groups attached to an aromatic ring is 1. The average Bonchev–Trinajstić information content (AvgIpc) is 2.34. The van der Waals surface area contributed by atoms with Gasteiger partial charge in [-0.05, 0) is 65.1 Å². The lowest BCUT2D eigenvalue weighted by molar-refractivity contribution is 1.34. The van der Waals surface area contributed by atoms with Crippen LogP contribution in [0.15, 0.2) is 52.3 Å². The van der Waals surface area contributed by atoms with E-state index in [-0.39, 0.29) is 0 Å². The van der Waals surface area contributed by atoms with E-state index < -0.39 is 0 Å². The summed E-state index contributed by atoms with van der Waals surface area (Å²) < 4.78 is 1.07. The van der Waals surface area contributed by atoms with Crippen molar-refractivity contribution in [2.75, 3.05) is 5.73 Å². The second kappa shape index (κ2) is 5.43. The maximum atomic E-state index is 9.08. The Morgan fingerprint density at radius 1 is 1.12 bits per heavy atom. The SMILES string of the molecule is N#Cc1cc(I)ccc1Sc1ccc(N)cc1. The van der Waals surface area contributed by atoms with E-state index in [0.717, 1.165) is 19.0 Å². The van der Waals surface area contributed by atoms with Crippen molar-refractivity contribution in [1.82, 2.24) is 0 Å². The molecule has 0 saturated carbocycles. The van der Waals surface area contributed by atoms with Crippen molar-refractivity contribution in [3.05, 3.63) is 51.6 Å². The van der Waals surface area contributed by atoms with E-state index in [1.54, 1.807) is 11.8 Å². The van der Waals surface area contributed by atoms with E-state index in [4.69, 9.17) is 11.0 Å². The van der Waals surface area contributed by atoms with Crippen LogP contribution in [0.3, 0.4) is 0 Å². The predicted octanol–water partition coefficient (Wildman–Crippen LogP) is 3.90. The summed E-state index contributed by atoms with van der Waals surface area (Å²) in [5, 5.41) is 9.08. The molecule has 0 radical (unpaired) electrons. The van der Waals surface area contributed by atoms with Gasteiger partial charge in [0.05, 0.1) is 5.56 Å². The number of hydrogen-bond donors (Lipinski definition) is 1. The minimum absolute atomic E-state index is 0.707. The van der Waals surface area contributed by atoms with Gasteiger partial charge in [0.2, 0.25) is 0 Å². The van der Waals surface area contributed by atoms with Crippen molar-refractivity contribution in [2.24, 2.45) is 0 Å². The van der Waals surface area contributed by atoms with Gasteiger partial charge < -0.3 is 5.73 Å². The summed E-state index contributed by atoms with van der Waals surface area (Å²) in [5.74, 6) is 0. The molecule has 0 saturated heterocycles. The molecule has 0 unspecified atom stereocenters. The second-order valence-electron chi connectivity index (χ2n) is 3.42. The number of nitriles is 1. The first kappa shape index (κ1) is 12.3.